The Morgan fingerprint density at radius 2 is 2.14 bits per heavy atom. The van der Waals surface area contributed by atoms with Gasteiger partial charge in [0.25, 0.3) is 0 Å². The van der Waals surface area contributed by atoms with Crippen LogP contribution in [0.4, 0.5) is 0 Å². The van der Waals surface area contributed by atoms with Gasteiger partial charge in [-0.3, -0.25) is 4.57 Å². The largest absolute Gasteiger partial charge is 0.419 e. The van der Waals surface area contributed by atoms with Gasteiger partial charge in [0.15, 0.2) is 5.58 Å². The molecule has 1 heterocycles. The van der Waals surface area contributed by atoms with Crippen LogP contribution in [0.3, 0.4) is 0 Å². The van der Waals surface area contributed by atoms with Crippen molar-refractivity contribution in [2.45, 2.75) is 13.0 Å². The minimum atomic E-state index is -0.409. The predicted molar refractivity (Wildman–Crippen MR) is 51.2 cm³/mol. The Morgan fingerprint density at radius 1 is 1.36 bits per heavy atom. The van der Waals surface area contributed by atoms with Crippen LogP contribution in [0, 0.1) is 0 Å². The van der Waals surface area contributed by atoms with Crippen LogP contribution in [0.5, 0.6) is 0 Å². The lowest BCUT2D eigenvalue weighted by atomic mass is 10.3. The van der Waals surface area contributed by atoms with Gasteiger partial charge in [-0.1, -0.05) is 12.1 Å². The molecule has 0 atom stereocenters. The Balaban J connectivity index is 2.56. The summed E-state index contributed by atoms with van der Waals surface area (Å²) >= 11 is 0. The van der Waals surface area contributed by atoms with E-state index in [0.717, 1.165) is 11.8 Å². The molecule has 0 bridgehead atoms. The van der Waals surface area contributed by atoms with E-state index in [1.807, 2.05) is 6.07 Å². The van der Waals surface area contributed by atoms with Crippen molar-refractivity contribution in [1.29, 1.82) is 0 Å². The van der Waals surface area contributed by atoms with Crippen LogP contribution in [0.1, 0.15) is 6.42 Å². The maximum absolute atomic E-state index is 11.3. The van der Waals surface area contributed by atoms with Crippen molar-refractivity contribution < 1.29 is 9.21 Å². The first-order chi connectivity index (χ1) is 6.83. The summed E-state index contributed by atoms with van der Waals surface area (Å²) in [5, 5.41) is 0. The molecule has 0 spiro atoms. The molecule has 14 heavy (non-hydrogen) atoms. The number of benzene rings is 1. The number of nitrogens with zero attached hydrogens (tertiary/aromatic N) is 1. The summed E-state index contributed by atoms with van der Waals surface area (Å²) in [6.45, 7) is 0.374. The first-order valence-corrected chi connectivity index (χ1v) is 4.35. The SMILES string of the molecule is O=CCCn1c(=O)oc2ccccc21. The molecule has 0 N–H and O–H groups in total. The lowest BCUT2D eigenvalue weighted by Gasteiger charge is -1.96. The van der Waals surface area contributed by atoms with Gasteiger partial charge in [-0.15, -0.1) is 0 Å². The molecule has 4 nitrogen and oxygen atoms in total. The Labute approximate surface area is 79.8 Å². The summed E-state index contributed by atoms with van der Waals surface area (Å²) in [6, 6.07) is 7.16. The van der Waals surface area contributed by atoms with Gasteiger partial charge in [0, 0.05) is 13.0 Å². The normalized spacial score (nSPS) is 10.6. The Kier molecular flexibility index (Phi) is 2.18. The summed E-state index contributed by atoms with van der Waals surface area (Å²) in [6.07, 6.45) is 1.11. The van der Waals surface area contributed by atoms with E-state index < -0.39 is 5.76 Å². The number of aryl methyl sites for hydroxylation is 1. The lowest BCUT2D eigenvalue weighted by molar-refractivity contribution is -0.108. The Morgan fingerprint density at radius 3 is 2.93 bits per heavy atom. The van der Waals surface area contributed by atoms with Crippen molar-refractivity contribution in [2.24, 2.45) is 0 Å². The Hall–Kier alpha value is -1.84. The van der Waals surface area contributed by atoms with Crippen LogP contribution in [0.25, 0.3) is 11.1 Å². The topological polar surface area (TPSA) is 52.2 Å². The molecule has 0 saturated carbocycles. The first-order valence-electron chi connectivity index (χ1n) is 4.35. The van der Waals surface area contributed by atoms with E-state index in [1.165, 1.54) is 4.57 Å². The highest BCUT2D eigenvalue weighted by Crippen LogP contribution is 2.11. The molecule has 1 aromatic carbocycles. The molecular formula is C10H9NO3. The van der Waals surface area contributed by atoms with Crippen molar-refractivity contribution in [3.63, 3.8) is 0 Å². The van der Waals surface area contributed by atoms with Crippen molar-refractivity contribution in [2.75, 3.05) is 0 Å². The number of fused-ring (bicyclic) bond motifs is 1. The van der Waals surface area contributed by atoms with Crippen molar-refractivity contribution >= 4 is 17.4 Å². The molecular weight excluding hydrogens is 182 g/mol. The zero-order valence-electron chi connectivity index (χ0n) is 7.47. The fourth-order valence-corrected chi connectivity index (χ4v) is 1.41. The van der Waals surface area contributed by atoms with Gasteiger partial charge in [0.05, 0.1) is 5.52 Å². The number of hydrogen-bond donors (Lipinski definition) is 0. The molecule has 2 aromatic rings. The third-order valence-electron chi connectivity index (χ3n) is 2.04. The molecule has 0 amide bonds. The van der Waals surface area contributed by atoms with Crippen molar-refractivity contribution in [1.82, 2.24) is 4.57 Å². The number of oxazole rings is 1. The number of rotatable bonds is 3. The van der Waals surface area contributed by atoms with Crippen LogP contribution in [0.2, 0.25) is 0 Å². The van der Waals surface area contributed by atoms with E-state index in [-0.39, 0.29) is 0 Å². The molecule has 0 fully saturated rings. The molecule has 4 heteroatoms. The van der Waals surface area contributed by atoms with Crippen LogP contribution in [-0.2, 0) is 11.3 Å². The van der Waals surface area contributed by atoms with E-state index in [9.17, 15) is 9.59 Å². The highest BCUT2D eigenvalue weighted by atomic mass is 16.4. The molecule has 0 aliphatic heterocycles. The quantitative estimate of drug-likeness (QED) is 0.684. The number of para-hydroxylation sites is 2. The van der Waals surface area contributed by atoms with Gasteiger partial charge >= 0.3 is 5.76 Å². The second kappa shape index (κ2) is 3.49. The summed E-state index contributed by atoms with van der Waals surface area (Å²) < 4.78 is 6.45. The van der Waals surface area contributed by atoms with Gasteiger partial charge in [-0.25, -0.2) is 4.79 Å². The minimum absolute atomic E-state index is 0.323. The highest BCUT2D eigenvalue weighted by Gasteiger charge is 2.06. The number of hydrogen-bond acceptors (Lipinski definition) is 3. The van der Waals surface area contributed by atoms with Crippen LogP contribution in [0.15, 0.2) is 33.5 Å². The second-order valence-electron chi connectivity index (χ2n) is 2.94. The lowest BCUT2D eigenvalue weighted by Crippen LogP contribution is -2.14. The van der Waals surface area contributed by atoms with Gasteiger partial charge in [0.2, 0.25) is 0 Å². The smallest absolute Gasteiger partial charge is 0.408 e. The van der Waals surface area contributed by atoms with Gasteiger partial charge < -0.3 is 9.21 Å². The van der Waals surface area contributed by atoms with Crippen LogP contribution in [-0.4, -0.2) is 10.9 Å². The second-order valence-corrected chi connectivity index (χ2v) is 2.94. The van der Waals surface area contributed by atoms with Crippen LogP contribution < -0.4 is 5.76 Å². The summed E-state index contributed by atoms with van der Waals surface area (Å²) in [7, 11) is 0. The average molecular weight is 191 g/mol. The molecule has 0 unspecified atom stereocenters. The third kappa shape index (κ3) is 1.35. The number of carbonyl (C=O) groups excluding carboxylic acids is 1. The Bertz CT molecular complexity index is 509. The summed E-state index contributed by atoms with van der Waals surface area (Å²) in [5.74, 6) is -0.409. The molecule has 0 aliphatic carbocycles. The molecule has 1 aromatic heterocycles. The predicted octanol–water partition coefficient (Wildman–Crippen LogP) is 1.18. The van der Waals surface area contributed by atoms with Gasteiger partial charge in [-0.2, -0.15) is 0 Å². The highest BCUT2D eigenvalue weighted by molar-refractivity contribution is 5.72. The maximum Gasteiger partial charge on any atom is 0.419 e. The maximum atomic E-state index is 11.3. The van der Waals surface area contributed by atoms with Gasteiger partial charge in [0.1, 0.15) is 6.29 Å². The molecule has 2 rings (SSSR count). The minimum Gasteiger partial charge on any atom is -0.408 e. The molecule has 0 saturated heterocycles. The van der Waals surface area contributed by atoms with E-state index in [4.69, 9.17) is 4.42 Å². The summed E-state index contributed by atoms with van der Waals surface area (Å²) in [5.41, 5.74) is 1.29. The number of carbonyl (C=O) groups is 1. The van der Waals surface area contributed by atoms with E-state index in [2.05, 4.69) is 0 Å². The first kappa shape index (κ1) is 8.74. The number of aldehydes is 1. The zero-order valence-corrected chi connectivity index (χ0v) is 7.47. The van der Waals surface area contributed by atoms with Crippen molar-refractivity contribution in [3.8, 4) is 0 Å². The zero-order chi connectivity index (χ0) is 9.97. The molecule has 0 aliphatic rings. The van der Waals surface area contributed by atoms with E-state index in [0.29, 0.717) is 18.5 Å². The van der Waals surface area contributed by atoms with Crippen LogP contribution >= 0.6 is 0 Å². The fourth-order valence-electron chi connectivity index (χ4n) is 1.41. The average Bonchev–Trinajstić information content (AvgIpc) is 2.51. The fraction of sp³-hybridized carbons (Fsp3) is 0.200. The standard InChI is InChI=1S/C10H9NO3/c12-7-3-6-11-8-4-1-2-5-9(8)14-10(11)13/h1-2,4-5,7H,3,6H2. The summed E-state index contributed by atoms with van der Waals surface area (Å²) in [4.78, 5) is 21.5. The van der Waals surface area contributed by atoms with E-state index in [1.54, 1.807) is 18.2 Å². The van der Waals surface area contributed by atoms with Crippen molar-refractivity contribution in [3.05, 3.63) is 34.8 Å². The molecule has 72 valence electrons. The van der Waals surface area contributed by atoms with Gasteiger partial charge in [-0.05, 0) is 12.1 Å². The monoisotopic (exact) mass is 191 g/mol. The van der Waals surface area contributed by atoms with E-state index >= 15 is 0 Å². The molecule has 0 radical (unpaired) electrons. The third-order valence-corrected chi connectivity index (χ3v) is 2.04. The number of aromatic nitrogens is 1.